The van der Waals surface area contributed by atoms with E-state index < -0.39 is 0 Å². The number of aryl methyl sites for hydroxylation is 2. The number of methoxy groups -OCH3 is 1. The van der Waals surface area contributed by atoms with Gasteiger partial charge in [-0.25, -0.2) is 4.52 Å². The molecule has 27 heavy (non-hydrogen) atoms. The maximum absolute atomic E-state index is 12.7. The van der Waals surface area contributed by atoms with Crippen LogP contribution >= 0.6 is 0 Å². The molecule has 1 N–H and O–H groups in total. The Morgan fingerprint density at radius 3 is 2.63 bits per heavy atom. The van der Waals surface area contributed by atoms with Crippen molar-refractivity contribution in [2.24, 2.45) is 7.05 Å². The molecule has 0 aliphatic heterocycles. The van der Waals surface area contributed by atoms with E-state index in [1.807, 2.05) is 13.0 Å². The van der Waals surface area contributed by atoms with Crippen molar-refractivity contribution < 1.29 is 9.53 Å². The molecule has 7 heteroatoms. The number of ether oxygens (including phenoxy) is 1. The van der Waals surface area contributed by atoms with Gasteiger partial charge >= 0.3 is 0 Å². The number of nitrogens with zero attached hydrogens (tertiary/aromatic N) is 3. The Balaban J connectivity index is 1.76. The lowest BCUT2D eigenvalue weighted by molar-refractivity contribution is 0.102. The highest BCUT2D eigenvalue weighted by Gasteiger charge is 2.13. The molecule has 0 unspecified atom stereocenters. The first-order valence-corrected chi connectivity index (χ1v) is 8.42. The number of hydrogen-bond donors (Lipinski definition) is 1. The molecule has 1 amide bonds. The normalized spacial score (nSPS) is 11.1. The van der Waals surface area contributed by atoms with Gasteiger partial charge in [0.1, 0.15) is 11.3 Å². The Bertz CT molecular complexity index is 1250. The van der Waals surface area contributed by atoms with E-state index in [0.29, 0.717) is 22.3 Å². The fourth-order valence-corrected chi connectivity index (χ4v) is 3.15. The third-order valence-corrected chi connectivity index (χ3v) is 4.68. The zero-order chi connectivity index (χ0) is 19.1. The second-order valence-electron chi connectivity index (χ2n) is 6.33. The summed E-state index contributed by atoms with van der Waals surface area (Å²) in [6.45, 7) is 1.90. The monoisotopic (exact) mass is 362 g/mol. The smallest absolute Gasteiger partial charge is 0.276 e. The summed E-state index contributed by atoms with van der Waals surface area (Å²) in [5.41, 5.74) is 3.79. The number of carbonyl (C=O) groups is 1. The number of fused-ring (bicyclic) bond motifs is 3. The highest BCUT2D eigenvalue weighted by molar-refractivity contribution is 6.06. The number of nitrogens with one attached hydrogen (secondary N) is 1. The highest BCUT2D eigenvalue weighted by atomic mass is 16.5. The Morgan fingerprint density at radius 2 is 1.89 bits per heavy atom. The van der Waals surface area contributed by atoms with Crippen molar-refractivity contribution in [3.05, 3.63) is 70.1 Å². The molecule has 4 rings (SSSR count). The van der Waals surface area contributed by atoms with Gasteiger partial charge in [0.25, 0.3) is 11.5 Å². The van der Waals surface area contributed by atoms with Gasteiger partial charge in [-0.3, -0.25) is 9.59 Å². The summed E-state index contributed by atoms with van der Waals surface area (Å²) in [4.78, 5) is 25.2. The standard InChI is InChI=1S/C20H18N4O3/c1-12-10-14(27-3)5-6-15(12)22-19(25)13-4-7-16-18(11-13)23(2)20(26)17-8-9-21-24(16)17/h4-11H,1-3H3,(H,22,25). The molecule has 0 radical (unpaired) electrons. The topological polar surface area (TPSA) is 77.6 Å². The minimum atomic E-state index is -0.252. The lowest BCUT2D eigenvalue weighted by atomic mass is 10.1. The van der Waals surface area contributed by atoms with Crippen LogP contribution in [-0.4, -0.2) is 27.2 Å². The molecule has 0 saturated heterocycles. The maximum atomic E-state index is 12.7. The fraction of sp³-hybridized carbons (Fsp3) is 0.150. The van der Waals surface area contributed by atoms with Crippen LogP contribution in [-0.2, 0) is 7.05 Å². The predicted octanol–water partition coefficient (Wildman–Crippen LogP) is 2.76. The quantitative estimate of drug-likeness (QED) is 0.608. The van der Waals surface area contributed by atoms with E-state index in [-0.39, 0.29) is 11.5 Å². The van der Waals surface area contributed by atoms with Crippen LogP contribution in [0.2, 0.25) is 0 Å². The van der Waals surface area contributed by atoms with E-state index in [0.717, 1.165) is 16.8 Å². The predicted molar refractivity (Wildman–Crippen MR) is 104 cm³/mol. The molecule has 2 aromatic heterocycles. The summed E-state index contributed by atoms with van der Waals surface area (Å²) in [6, 6.07) is 12.3. The number of anilines is 1. The molecule has 0 aliphatic rings. The SMILES string of the molecule is COc1ccc(NC(=O)c2ccc3c(c2)n(C)c(=O)c2ccnn23)c(C)c1. The zero-order valence-electron chi connectivity index (χ0n) is 15.2. The molecule has 7 nitrogen and oxygen atoms in total. The molecule has 0 aliphatic carbocycles. The highest BCUT2D eigenvalue weighted by Crippen LogP contribution is 2.22. The van der Waals surface area contributed by atoms with Crippen molar-refractivity contribution in [2.75, 3.05) is 12.4 Å². The number of carbonyl (C=O) groups excluding carboxylic acids is 1. The van der Waals surface area contributed by atoms with Crippen LogP contribution in [0, 0.1) is 6.92 Å². The number of amides is 1. The van der Waals surface area contributed by atoms with Crippen LogP contribution in [0.25, 0.3) is 16.6 Å². The average Bonchev–Trinajstić information content (AvgIpc) is 3.17. The van der Waals surface area contributed by atoms with Crippen molar-refractivity contribution >= 4 is 28.1 Å². The Hall–Kier alpha value is -3.61. The summed E-state index contributed by atoms with van der Waals surface area (Å²) in [6.07, 6.45) is 1.59. The first-order chi connectivity index (χ1) is 13.0. The van der Waals surface area contributed by atoms with Gasteiger partial charge in [0.05, 0.1) is 24.3 Å². The third kappa shape index (κ3) is 2.73. The van der Waals surface area contributed by atoms with E-state index in [4.69, 9.17) is 4.74 Å². The van der Waals surface area contributed by atoms with Gasteiger partial charge in [0.15, 0.2) is 0 Å². The average molecular weight is 362 g/mol. The summed E-state index contributed by atoms with van der Waals surface area (Å²) < 4.78 is 8.31. The van der Waals surface area contributed by atoms with Crippen molar-refractivity contribution in [3.8, 4) is 5.75 Å². The van der Waals surface area contributed by atoms with Crippen LogP contribution in [0.3, 0.4) is 0 Å². The minimum absolute atomic E-state index is 0.163. The Labute approximate surface area is 154 Å². The van der Waals surface area contributed by atoms with E-state index in [1.165, 1.54) is 4.57 Å². The second kappa shape index (κ2) is 6.28. The van der Waals surface area contributed by atoms with Gasteiger partial charge in [-0.15, -0.1) is 0 Å². The first-order valence-electron chi connectivity index (χ1n) is 8.42. The van der Waals surface area contributed by atoms with Crippen molar-refractivity contribution in [3.63, 3.8) is 0 Å². The van der Waals surface area contributed by atoms with Crippen LogP contribution < -0.4 is 15.6 Å². The van der Waals surface area contributed by atoms with Crippen LogP contribution in [0.1, 0.15) is 15.9 Å². The summed E-state index contributed by atoms with van der Waals surface area (Å²) in [5, 5.41) is 7.11. The molecule has 2 heterocycles. The summed E-state index contributed by atoms with van der Waals surface area (Å²) >= 11 is 0. The molecule has 0 saturated carbocycles. The molecule has 0 bridgehead atoms. The molecule has 2 aromatic carbocycles. The molecule has 136 valence electrons. The number of aromatic nitrogens is 3. The van der Waals surface area contributed by atoms with Crippen molar-refractivity contribution in [2.45, 2.75) is 6.92 Å². The number of benzene rings is 2. The Kier molecular flexibility index (Phi) is 3.92. The molecular formula is C20H18N4O3. The van der Waals surface area contributed by atoms with Gasteiger partial charge in [-0.05, 0) is 55.0 Å². The molecule has 0 fully saturated rings. The number of rotatable bonds is 3. The van der Waals surface area contributed by atoms with E-state index in [9.17, 15) is 9.59 Å². The first kappa shape index (κ1) is 16.8. The van der Waals surface area contributed by atoms with Gasteiger partial charge in [-0.1, -0.05) is 0 Å². The van der Waals surface area contributed by atoms with E-state index in [2.05, 4.69) is 10.4 Å². The van der Waals surface area contributed by atoms with Gasteiger partial charge in [-0.2, -0.15) is 5.10 Å². The van der Waals surface area contributed by atoms with Crippen molar-refractivity contribution in [1.82, 2.24) is 14.2 Å². The summed E-state index contributed by atoms with van der Waals surface area (Å²) in [7, 11) is 3.29. The zero-order valence-corrected chi connectivity index (χ0v) is 15.2. The van der Waals surface area contributed by atoms with Crippen molar-refractivity contribution in [1.29, 1.82) is 0 Å². The molecule has 0 atom stereocenters. The van der Waals surface area contributed by atoms with Gasteiger partial charge in [0, 0.05) is 18.3 Å². The molecule has 4 aromatic rings. The maximum Gasteiger partial charge on any atom is 0.276 e. The summed E-state index contributed by atoms with van der Waals surface area (Å²) in [5.74, 6) is 0.479. The van der Waals surface area contributed by atoms with Gasteiger partial charge < -0.3 is 14.6 Å². The lowest BCUT2D eigenvalue weighted by Crippen LogP contribution is -2.20. The van der Waals surface area contributed by atoms with Crippen LogP contribution in [0.5, 0.6) is 5.75 Å². The third-order valence-electron chi connectivity index (χ3n) is 4.68. The lowest BCUT2D eigenvalue weighted by Gasteiger charge is -2.12. The van der Waals surface area contributed by atoms with Crippen LogP contribution in [0.4, 0.5) is 5.69 Å². The van der Waals surface area contributed by atoms with Gasteiger partial charge in [0.2, 0.25) is 0 Å². The molecule has 0 spiro atoms. The second-order valence-corrected chi connectivity index (χ2v) is 6.33. The van der Waals surface area contributed by atoms with E-state index in [1.54, 1.807) is 61.3 Å². The largest absolute Gasteiger partial charge is 0.497 e. The van der Waals surface area contributed by atoms with Crippen LogP contribution in [0.15, 0.2) is 53.5 Å². The number of hydrogen-bond acceptors (Lipinski definition) is 4. The van der Waals surface area contributed by atoms with E-state index >= 15 is 0 Å². The minimum Gasteiger partial charge on any atom is -0.497 e. The fourth-order valence-electron chi connectivity index (χ4n) is 3.15. The molecular weight excluding hydrogens is 344 g/mol. The Morgan fingerprint density at radius 1 is 1.07 bits per heavy atom.